The van der Waals surface area contributed by atoms with Crippen LogP contribution in [0, 0.1) is 5.92 Å². The van der Waals surface area contributed by atoms with Crippen LogP contribution in [0.15, 0.2) is 48.5 Å². The fraction of sp³-hybridized carbons (Fsp3) is 0.400. The van der Waals surface area contributed by atoms with Gasteiger partial charge in [-0.15, -0.1) is 0 Å². The molecule has 1 aliphatic carbocycles. The van der Waals surface area contributed by atoms with Gasteiger partial charge in [0, 0.05) is 12.5 Å². The van der Waals surface area contributed by atoms with Gasteiger partial charge in [0.15, 0.2) is 0 Å². The third-order valence-electron chi connectivity index (χ3n) is 5.90. The molecule has 2 aromatic rings. The molecule has 35 heavy (non-hydrogen) atoms. The number of rotatable bonds is 10. The van der Waals surface area contributed by atoms with E-state index in [2.05, 4.69) is 5.32 Å². The molecule has 3 N–H and O–H groups in total. The van der Waals surface area contributed by atoms with Gasteiger partial charge in [-0.1, -0.05) is 61.9 Å². The molecule has 2 aromatic carbocycles. The highest BCUT2D eigenvalue weighted by molar-refractivity contribution is 5.86. The number of hydrogen-bond acceptors (Lipinski definition) is 4. The molecular formula is C25H27F3N2O5. The van der Waals surface area contributed by atoms with E-state index in [0.29, 0.717) is 6.42 Å². The van der Waals surface area contributed by atoms with Crippen LogP contribution >= 0.6 is 0 Å². The number of alkyl carbamates (subject to hydrolysis) is 1. The smallest absolute Gasteiger partial charge is 0.407 e. The molecule has 0 heterocycles. The van der Waals surface area contributed by atoms with Crippen molar-refractivity contribution >= 4 is 18.0 Å². The number of carbonyl (C=O) groups is 3. The van der Waals surface area contributed by atoms with Gasteiger partial charge >= 0.3 is 18.2 Å². The fourth-order valence-corrected chi connectivity index (χ4v) is 4.23. The molecule has 2 unspecified atom stereocenters. The minimum Gasteiger partial charge on any atom is -0.481 e. The molecule has 0 saturated heterocycles. The largest absolute Gasteiger partial charge is 0.481 e. The second-order valence-corrected chi connectivity index (χ2v) is 8.41. The van der Waals surface area contributed by atoms with Crippen LogP contribution in [-0.4, -0.2) is 48.4 Å². The van der Waals surface area contributed by atoms with Crippen molar-refractivity contribution in [2.45, 2.75) is 44.3 Å². The Hall–Kier alpha value is -3.56. The number of hydrogen-bond donors (Lipinski definition) is 3. The van der Waals surface area contributed by atoms with E-state index in [1.165, 1.54) is 0 Å². The van der Waals surface area contributed by atoms with E-state index in [1.54, 1.807) is 6.92 Å². The van der Waals surface area contributed by atoms with Crippen molar-refractivity contribution in [1.82, 2.24) is 10.6 Å². The highest BCUT2D eigenvalue weighted by Crippen LogP contribution is 2.44. The first-order chi connectivity index (χ1) is 16.6. The normalized spacial score (nSPS) is 14.4. The van der Waals surface area contributed by atoms with Crippen molar-refractivity contribution in [2.24, 2.45) is 5.92 Å². The van der Waals surface area contributed by atoms with Gasteiger partial charge in [0.25, 0.3) is 0 Å². The second-order valence-electron chi connectivity index (χ2n) is 8.41. The Balaban J connectivity index is 1.65. The number of alkyl halides is 3. The molecule has 0 bridgehead atoms. The molecule has 0 aromatic heterocycles. The number of carboxylic acid groups (broad SMARTS) is 1. The highest BCUT2D eigenvalue weighted by Gasteiger charge is 2.37. The van der Waals surface area contributed by atoms with E-state index in [9.17, 15) is 32.7 Å². The third-order valence-corrected chi connectivity index (χ3v) is 5.90. The molecule has 0 aliphatic heterocycles. The Labute approximate surface area is 200 Å². The summed E-state index contributed by atoms with van der Waals surface area (Å²) >= 11 is 0. The summed E-state index contributed by atoms with van der Waals surface area (Å²) < 4.78 is 44.4. The number of nitrogens with one attached hydrogen (secondary N) is 2. The number of halogens is 3. The molecule has 7 nitrogen and oxygen atoms in total. The van der Waals surface area contributed by atoms with Crippen LogP contribution in [-0.2, 0) is 14.3 Å². The first kappa shape index (κ1) is 26.1. The first-order valence-electron chi connectivity index (χ1n) is 11.3. The molecule has 0 saturated carbocycles. The Kier molecular flexibility index (Phi) is 8.37. The van der Waals surface area contributed by atoms with Crippen LogP contribution in [0.1, 0.15) is 43.2 Å². The number of carbonyl (C=O) groups excluding carboxylic acids is 2. The zero-order valence-corrected chi connectivity index (χ0v) is 19.1. The summed E-state index contributed by atoms with van der Waals surface area (Å²) in [7, 11) is 0. The molecule has 1 aliphatic rings. The Morgan fingerprint density at radius 2 is 1.60 bits per heavy atom. The highest BCUT2D eigenvalue weighted by atomic mass is 19.4. The van der Waals surface area contributed by atoms with Crippen LogP contribution in [0.2, 0.25) is 0 Å². The third kappa shape index (κ3) is 6.74. The molecule has 0 spiro atoms. The maximum Gasteiger partial charge on any atom is 0.407 e. The molecule has 0 fully saturated rings. The molecule has 3 rings (SSSR count). The van der Waals surface area contributed by atoms with Crippen LogP contribution < -0.4 is 10.6 Å². The quantitative estimate of drug-likeness (QED) is 0.454. The number of ether oxygens (including phenoxy) is 1. The lowest BCUT2D eigenvalue weighted by molar-refractivity contribution is -0.149. The SMILES string of the molecule is CCCC(CNC(=O)C(CC(F)(F)F)NC(=O)OCC1c2ccccc2-c2ccccc21)C(=O)O. The van der Waals surface area contributed by atoms with Crippen molar-refractivity contribution in [3.63, 3.8) is 0 Å². The van der Waals surface area contributed by atoms with Gasteiger partial charge in [-0.3, -0.25) is 9.59 Å². The van der Waals surface area contributed by atoms with Gasteiger partial charge in [-0.2, -0.15) is 13.2 Å². The van der Waals surface area contributed by atoms with Gasteiger partial charge in [-0.05, 0) is 28.7 Å². The average Bonchev–Trinajstić information content (AvgIpc) is 3.12. The standard InChI is InChI=1S/C25H27F3N2O5/c1-2-7-15(23(32)33)13-29-22(31)21(12-25(26,27)28)30-24(34)35-14-20-18-10-5-3-8-16(18)17-9-4-6-11-19(17)20/h3-6,8-11,15,20-21H,2,7,12-14H2,1H3,(H,29,31)(H,30,34)(H,32,33). The Morgan fingerprint density at radius 3 is 2.11 bits per heavy atom. The summed E-state index contributed by atoms with van der Waals surface area (Å²) in [6, 6.07) is 13.2. The maximum absolute atomic E-state index is 13.1. The predicted octanol–water partition coefficient (Wildman–Crippen LogP) is 4.46. The van der Waals surface area contributed by atoms with Crippen molar-refractivity contribution in [1.29, 1.82) is 0 Å². The van der Waals surface area contributed by atoms with Crippen LogP contribution in [0.25, 0.3) is 11.1 Å². The van der Waals surface area contributed by atoms with Crippen LogP contribution in [0.3, 0.4) is 0 Å². The zero-order valence-electron chi connectivity index (χ0n) is 19.1. The maximum atomic E-state index is 13.1. The monoisotopic (exact) mass is 492 g/mol. The van der Waals surface area contributed by atoms with E-state index in [0.717, 1.165) is 22.3 Å². The molecule has 10 heteroatoms. The Bertz CT molecular complexity index is 1030. The second kappa shape index (κ2) is 11.2. The van der Waals surface area contributed by atoms with Crippen LogP contribution in [0.5, 0.6) is 0 Å². The van der Waals surface area contributed by atoms with E-state index >= 15 is 0 Å². The average molecular weight is 492 g/mol. The van der Waals surface area contributed by atoms with Gasteiger partial charge < -0.3 is 20.5 Å². The molecule has 0 radical (unpaired) electrons. The molecule has 2 amide bonds. The minimum absolute atomic E-state index is 0.127. The zero-order chi connectivity index (χ0) is 25.6. The van der Waals surface area contributed by atoms with Gasteiger partial charge in [0.05, 0.1) is 12.3 Å². The molecule has 188 valence electrons. The van der Waals surface area contributed by atoms with Crippen molar-refractivity contribution in [3.05, 3.63) is 59.7 Å². The number of fused-ring (bicyclic) bond motifs is 3. The predicted molar refractivity (Wildman–Crippen MR) is 122 cm³/mol. The summed E-state index contributed by atoms with van der Waals surface area (Å²) in [4.78, 5) is 36.0. The first-order valence-corrected chi connectivity index (χ1v) is 11.3. The fourth-order valence-electron chi connectivity index (χ4n) is 4.23. The minimum atomic E-state index is -4.74. The van der Waals surface area contributed by atoms with Crippen LogP contribution in [0.4, 0.5) is 18.0 Å². The van der Waals surface area contributed by atoms with E-state index in [4.69, 9.17) is 4.74 Å². The number of benzene rings is 2. The van der Waals surface area contributed by atoms with E-state index < -0.39 is 42.5 Å². The topological polar surface area (TPSA) is 105 Å². The number of aliphatic carboxylic acids is 1. The molecule has 2 atom stereocenters. The Morgan fingerprint density at radius 1 is 1.03 bits per heavy atom. The summed E-state index contributed by atoms with van der Waals surface area (Å²) in [5.41, 5.74) is 3.85. The van der Waals surface area contributed by atoms with Gasteiger partial charge in [0.2, 0.25) is 5.91 Å². The molecular weight excluding hydrogens is 465 g/mol. The van der Waals surface area contributed by atoms with E-state index in [1.807, 2.05) is 53.8 Å². The van der Waals surface area contributed by atoms with Crippen molar-refractivity contribution < 1.29 is 37.4 Å². The summed E-state index contributed by atoms with van der Waals surface area (Å²) in [5, 5.41) is 13.4. The summed E-state index contributed by atoms with van der Waals surface area (Å²) in [5.74, 6) is -3.53. The summed E-state index contributed by atoms with van der Waals surface area (Å²) in [6.45, 7) is 1.28. The lowest BCUT2D eigenvalue weighted by Crippen LogP contribution is -2.50. The van der Waals surface area contributed by atoms with Crippen molar-refractivity contribution in [3.8, 4) is 11.1 Å². The summed E-state index contributed by atoms with van der Waals surface area (Å²) in [6.07, 6.45) is -6.75. The van der Waals surface area contributed by atoms with E-state index in [-0.39, 0.29) is 25.5 Å². The van der Waals surface area contributed by atoms with Gasteiger partial charge in [0.1, 0.15) is 12.6 Å². The van der Waals surface area contributed by atoms with Crippen molar-refractivity contribution in [2.75, 3.05) is 13.2 Å². The number of carboxylic acids is 1. The van der Waals surface area contributed by atoms with Gasteiger partial charge in [-0.25, -0.2) is 4.79 Å². The number of amides is 2. The lowest BCUT2D eigenvalue weighted by Gasteiger charge is -2.21. The lowest BCUT2D eigenvalue weighted by atomic mass is 9.98.